The van der Waals surface area contributed by atoms with E-state index in [9.17, 15) is 28.0 Å². The van der Waals surface area contributed by atoms with Gasteiger partial charge in [-0.25, -0.2) is 8.78 Å². The summed E-state index contributed by atoms with van der Waals surface area (Å²) in [4.78, 5) is 49.8. The van der Waals surface area contributed by atoms with E-state index in [0.717, 1.165) is 17.0 Å². The lowest BCUT2D eigenvalue weighted by atomic mass is 9.85. The fourth-order valence-corrected chi connectivity index (χ4v) is 3.43. The number of hydrogen-bond acceptors (Lipinski definition) is 5. The van der Waals surface area contributed by atoms with Crippen molar-refractivity contribution in [2.24, 2.45) is 11.8 Å². The number of carbonyl (C=O) groups excluding carboxylic acids is 4. The van der Waals surface area contributed by atoms with Crippen molar-refractivity contribution in [3.05, 3.63) is 42.0 Å². The second kappa shape index (κ2) is 8.50. The van der Waals surface area contributed by atoms with Crippen LogP contribution < -0.4 is 5.32 Å². The number of nitrogens with zero attached hydrogens (tertiary/aromatic N) is 1. The van der Waals surface area contributed by atoms with E-state index < -0.39 is 29.6 Å². The summed E-state index contributed by atoms with van der Waals surface area (Å²) in [5, 5.41) is 2.20. The van der Waals surface area contributed by atoms with Crippen molar-refractivity contribution in [1.29, 1.82) is 0 Å². The number of rotatable bonds is 6. The molecule has 154 valence electrons. The van der Waals surface area contributed by atoms with Crippen LogP contribution in [-0.4, -0.2) is 41.2 Å². The van der Waals surface area contributed by atoms with E-state index in [-0.39, 0.29) is 42.3 Å². The van der Waals surface area contributed by atoms with Crippen LogP contribution in [0.2, 0.25) is 0 Å². The fourth-order valence-electron chi connectivity index (χ4n) is 3.43. The maximum absolute atomic E-state index is 13.6. The summed E-state index contributed by atoms with van der Waals surface area (Å²) in [6.07, 6.45) is 3.25. The van der Waals surface area contributed by atoms with Crippen LogP contribution in [0.3, 0.4) is 0 Å². The third-order valence-electron chi connectivity index (χ3n) is 5.00. The third-order valence-corrected chi connectivity index (χ3v) is 5.00. The normalized spacial score (nSPS) is 21.7. The SMILES string of the molecule is C[C@@H](OC(=O)CCN1C(=O)[C@H]2CC=CC[C@@H]2C1=O)C(=O)Nc1ccc(F)cc1F. The summed E-state index contributed by atoms with van der Waals surface area (Å²) < 4.78 is 31.5. The minimum absolute atomic E-state index is 0.121. The Hall–Kier alpha value is -3.10. The Labute approximate surface area is 165 Å². The second-order valence-corrected chi connectivity index (χ2v) is 6.98. The first kappa shape index (κ1) is 20.6. The molecule has 0 saturated carbocycles. The lowest BCUT2D eigenvalue weighted by molar-refractivity contribution is -0.154. The number of hydrogen-bond donors (Lipinski definition) is 1. The molecule has 29 heavy (non-hydrogen) atoms. The van der Waals surface area contributed by atoms with Gasteiger partial charge < -0.3 is 10.1 Å². The fraction of sp³-hybridized carbons (Fsp3) is 0.400. The molecule has 1 N–H and O–H groups in total. The van der Waals surface area contributed by atoms with Crippen LogP contribution in [-0.2, 0) is 23.9 Å². The van der Waals surface area contributed by atoms with Gasteiger partial charge in [-0.1, -0.05) is 12.2 Å². The summed E-state index contributed by atoms with van der Waals surface area (Å²) in [5.74, 6) is -4.67. The van der Waals surface area contributed by atoms with Gasteiger partial charge in [0.25, 0.3) is 5.91 Å². The number of ether oxygens (including phenoxy) is 1. The van der Waals surface area contributed by atoms with Crippen LogP contribution in [0.15, 0.2) is 30.4 Å². The lowest BCUT2D eigenvalue weighted by Gasteiger charge is -2.16. The standard InChI is InChI=1S/C20H20F2N2O5/c1-11(18(26)23-16-7-6-12(21)10-15(16)22)29-17(25)8-9-24-19(27)13-4-2-3-5-14(13)20(24)28/h2-3,6-7,10-11,13-14H,4-5,8-9H2,1H3,(H,23,26)/t11-,13+,14+/m1/s1. The largest absolute Gasteiger partial charge is 0.452 e. The number of carbonyl (C=O) groups is 4. The van der Waals surface area contributed by atoms with Crippen molar-refractivity contribution in [1.82, 2.24) is 4.90 Å². The highest BCUT2D eigenvalue weighted by atomic mass is 19.1. The number of allylic oxidation sites excluding steroid dienone is 2. The van der Waals surface area contributed by atoms with Crippen LogP contribution in [0.25, 0.3) is 0 Å². The summed E-state index contributed by atoms with van der Waals surface area (Å²) in [7, 11) is 0. The molecule has 9 heteroatoms. The summed E-state index contributed by atoms with van der Waals surface area (Å²) in [6, 6.07) is 2.64. The smallest absolute Gasteiger partial charge is 0.308 e. The zero-order valence-electron chi connectivity index (χ0n) is 15.7. The molecule has 1 aliphatic carbocycles. The van der Waals surface area contributed by atoms with Gasteiger partial charge in [-0.15, -0.1) is 0 Å². The van der Waals surface area contributed by atoms with Gasteiger partial charge in [0.2, 0.25) is 11.8 Å². The van der Waals surface area contributed by atoms with Gasteiger partial charge in [0.1, 0.15) is 11.6 Å². The van der Waals surface area contributed by atoms with Crippen molar-refractivity contribution in [2.75, 3.05) is 11.9 Å². The molecule has 0 bridgehead atoms. The van der Waals surface area contributed by atoms with E-state index in [1.54, 1.807) is 0 Å². The second-order valence-electron chi connectivity index (χ2n) is 6.98. The van der Waals surface area contributed by atoms with Crippen molar-refractivity contribution in [3.63, 3.8) is 0 Å². The van der Waals surface area contributed by atoms with Crippen LogP contribution in [0.4, 0.5) is 14.5 Å². The Morgan fingerprint density at radius 1 is 1.17 bits per heavy atom. The Kier molecular flexibility index (Phi) is 6.05. The molecule has 1 aromatic rings. The van der Waals surface area contributed by atoms with E-state index in [1.807, 2.05) is 12.2 Å². The van der Waals surface area contributed by atoms with Crippen LogP contribution in [0.5, 0.6) is 0 Å². The molecule has 3 rings (SSSR count). The van der Waals surface area contributed by atoms with E-state index in [0.29, 0.717) is 18.9 Å². The number of nitrogens with one attached hydrogen (secondary N) is 1. The molecule has 2 aliphatic rings. The molecule has 0 aromatic heterocycles. The average Bonchev–Trinajstić information content (AvgIpc) is 2.93. The van der Waals surface area contributed by atoms with Gasteiger partial charge in [-0.05, 0) is 31.9 Å². The van der Waals surface area contributed by atoms with E-state index >= 15 is 0 Å². The maximum Gasteiger partial charge on any atom is 0.308 e. The lowest BCUT2D eigenvalue weighted by Crippen LogP contribution is -2.35. The highest BCUT2D eigenvalue weighted by Gasteiger charge is 2.47. The van der Waals surface area contributed by atoms with E-state index in [1.165, 1.54) is 6.92 Å². The van der Waals surface area contributed by atoms with E-state index in [2.05, 4.69) is 5.32 Å². The monoisotopic (exact) mass is 406 g/mol. The number of amides is 3. The summed E-state index contributed by atoms with van der Waals surface area (Å²) in [6.45, 7) is 1.17. The topological polar surface area (TPSA) is 92.8 Å². The highest BCUT2D eigenvalue weighted by Crippen LogP contribution is 2.35. The molecule has 0 radical (unpaired) electrons. The van der Waals surface area contributed by atoms with Crippen LogP contribution in [0, 0.1) is 23.5 Å². The van der Waals surface area contributed by atoms with Crippen LogP contribution >= 0.6 is 0 Å². The predicted molar refractivity (Wildman–Crippen MR) is 97.2 cm³/mol. The quantitative estimate of drug-likeness (QED) is 0.444. The molecule has 0 unspecified atom stereocenters. The molecule has 3 amide bonds. The maximum atomic E-state index is 13.6. The predicted octanol–water partition coefficient (Wildman–Crippen LogP) is 2.18. The molecule has 3 atom stereocenters. The number of imide groups is 1. The number of likely N-dealkylation sites (tertiary alicyclic amines) is 1. The zero-order valence-corrected chi connectivity index (χ0v) is 15.7. The Morgan fingerprint density at radius 2 is 1.79 bits per heavy atom. The molecule has 1 aromatic carbocycles. The number of anilines is 1. The Morgan fingerprint density at radius 3 is 2.38 bits per heavy atom. The Balaban J connectivity index is 1.49. The molecule has 1 fully saturated rings. The van der Waals surface area contributed by atoms with Crippen molar-refractivity contribution in [3.8, 4) is 0 Å². The first-order valence-corrected chi connectivity index (χ1v) is 9.23. The van der Waals surface area contributed by atoms with Gasteiger partial charge in [-0.2, -0.15) is 0 Å². The molecule has 1 heterocycles. The molecule has 7 nitrogen and oxygen atoms in total. The highest BCUT2D eigenvalue weighted by molar-refractivity contribution is 6.05. The van der Waals surface area contributed by atoms with Gasteiger partial charge in [0.15, 0.2) is 6.10 Å². The molecule has 1 aliphatic heterocycles. The molecular weight excluding hydrogens is 386 g/mol. The minimum Gasteiger partial charge on any atom is -0.452 e. The molecular formula is C20H20F2N2O5. The number of fused-ring (bicyclic) bond motifs is 1. The van der Waals surface area contributed by atoms with Gasteiger partial charge in [0, 0.05) is 12.6 Å². The average molecular weight is 406 g/mol. The van der Waals surface area contributed by atoms with Crippen LogP contribution in [0.1, 0.15) is 26.2 Å². The summed E-state index contributed by atoms with van der Waals surface area (Å²) >= 11 is 0. The minimum atomic E-state index is -1.25. The number of esters is 1. The molecule has 1 saturated heterocycles. The third kappa shape index (κ3) is 4.49. The molecule has 0 spiro atoms. The van der Waals surface area contributed by atoms with Crippen molar-refractivity contribution >= 4 is 29.4 Å². The van der Waals surface area contributed by atoms with Gasteiger partial charge in [0.05, 0.1) is 23.9 Å². The zero-order chi connectivity index (χ0) is 21.1. The first-order valence-electron chi connectivity index (χ1n) is 9.23. The number of halogens is 2. The van der Waals surface area contributed by atoms with Crippen molar-refractivity contribution < 1.29 is 32.7 Å². The van der Waals surface area contributed by atoms with Gasteiger partial charge >= 0.3 is 5.97 Å². The van der Waals surface area contributed by atoms with E-state index in [4.69, 9.17) is 4.74 Å². The number of benzene rings is 1. The summed E-state index contributed by atoms with van der Waals surface area (Å²) in [5.41, 5.74) is -0.247. The Bertz CT molecular complexity index is 860. The first-order chi connectivity index (χ1) is 13.8. The van der Waals surface area contributed by atoms with Gasteiger partial charge in [-0.3, -0.25) is 24.1 Å². The van der Waals surface area contributed by atoms with Crippen molar-refractivity contribution in [2.45, 2.75) is 32.3 Å².